The molecule has 1 N–H and O–H groups in total. The lowest BCUT2D eigenvalue weighted by Crippen LogP contribution is -2.54. The molecular weight excluding hydrogens is 320 g/mol. The highest BCUT2D eigenvalue weighted by atomic mass is 35.5. The van der Waals surface area contributed by atoms with E-state index < -0.39 is 12.1 Å². The molecule has 8 heteroatoms. The van der Waals surface area contributed by atoms with Gasteiger partial charge in [0.25, 0.3) is 0 Å². The van der Waals surface area contributed by atoms with Gasteiger partial charge in [-0.2, -0.15) is 0 Å². The van der Waals surface area contributed by atoms with Crippen molar-refractivity contribution in [2.24, 2.45) is 5.10 Å². The van der Waals surface area contributed by atoms with E-state index in [-0.39, 0.29) is 5.84 Å². The summed E-state index contributed by atoms with van der Waals surface area (Å²) in [5.74, 6) is 0.238. The quantitative estimate of drug-likeness (QED) is 0.869. The van der Waals surface area contributed by atoms with Crippen LogP contribution in [-0.4, -0.2) is 31.0 Å². The molecule has 1 aromatic heterocycles. The van der Waals surface area contributed by atoms with Gasteiger partial charge in [-0.3, -0.25) is 5.01 Å². The number of anilines is 1. The van der Waals surface area contributed by atoms with Gasteiger partial charge in [-0.1, -0.05) is 11.6 Å². The number of ether oxygens (including phenoxy) is 1. The van der Waals surface area contributed by atoms with Gasteiger partial charge < -0.3 is 9.15 Å². The average Bonchev–Trinajstić information content (AvgIpc) is 3.09. The molecule has 2 heterocycles. The lowest BCUT2D eigenvalue weighted by Gasteiger charge is -2.37. The number of nitrogens with zero attached hydrogens (tertiary/aromatic N) is 3. The van der Waals surface area contributed by atoms with Crippen LogP contribution in [0.5, 0.6) is 0 Å². The fourth-order valence-corrected chi connectivity index (χ4v) is 2.35. The number of furan rings is 1. The van der Waals surface area contributed by atoms with Gasteiger partial charge in [-0.05, 0) is 36.4 Å². The number of likely N-dealkylation sites (N-methyl/N-ethyl adjacent to an activating group) is 1. The molecule has 0 saturated heterocycles. The molecule has 0 bridgehead atoms. The number of hydrazine groups is 1. The van der Waals surface area contributed by atoms with Crippen molar-refractivity contribution in [3.05, 3.63) is 53.4 Å². The van der Waals surface area contributed by atoms with E-state index in [1.165, 1.54) is 12.1 Å². The maximum absolute atomic E-state index is 11.9. The van der Waals surface area contributed by atoms with E-state index in [9.17, 15) is 4.79 Å². The molecule has 23 heavy (non-hydrogen) atoms. The van der Waals surface area contributed by atoms with E-state index in [2.05, 4.69) is 10.5 Å². The van der Waals surface area contributed by atoms with Crippen molar-refractivity contribution in [3.63, 3.8) is 0 Å². The zero-order chi connectivity index (χ0) is 16.4. The number of carbonyl (C=O) groups is 1. The van der Waals surface area contributed by atoms with Crippen molar-refractivity contribution in [1.82, 2.24) is 10.4 Å². The van der Waals surface area contributed by atoms with E-state index in [1.54, 1.807) is 36.5 Å². The highest BCUT2D eigenvalue weighted by molar-refractivity contribution is 6.35. The van der Waals surface area contributed by atoms with Crippen LogP contribution in [0, 0.1) is 0 Å². The summed E-state index contributed by atoms with van der Waals surface area (Å²) in [5.41, 5.74) is 3.90. The molecule has 0 spiro atoms. The number of nitrogens with one attached hydrogen (secondary N) is 1. The Morgan fingerprint density at radius 2 is 2.09 bits per heavy atom. The van der Waals surface area contributed by atoms with Gasteiger partial charge in [-0.15, -0.1) is 5.10 Å². The van der Waals surface area contributed by atoms with Gasteiger partial charge in [0.1, 0.15) is 5.76 Å². The molecule has 0 aliphatic carbocycles. The van der Waals surface area contributed by atoms with Crippen molar-refractivity contribution < 1.29 is 13.9 Å². The normalized spacial score (nSPS) is 17.9. The van der Waals surface area contributed by atoms with Crippen molar-refractivity contribution in [2.75, 3.05) is 19.2 Å². The molecule has 7 nitrogen and oxygen atoms in total. The molecule has 1 aliphatic rings. The van der Waals surface area contributed by atoms with E-state index in [1.807, 2.05) is 18.2 Å². The Morgan fingerprint density at radius 3 is 2.70 bits per heavy atom. The molecule has 0 amide bonds. The summed E-state index contributed by atoms with van der Waals surface area (Å²) in [6.07, 6.45) is 1.17. The second-order valence-electron chi connectivity index (χ2n) is 4.84. The van der Waals surface area contributed by atoms with Gasteiger partial charge in [0, 0.05) is 12.1 Å². The van der Waals surface area contributed by atoms with Crippen molar-refractivity contribution in [2.45, 2.75) is 6.17 Å². The molecular formula is C15H15ClN4O3. The summed E-state index contributed by atoms with van der Waals surface area (Å²) < 4.78 is 10.2. The predicted molar refractivity (Wildman–Crippen MR) is 85.7 cm³/mol. The average molecular weight is 335 g/mol. The molecule has 2 aromatic rings. The van der Waals surface area contributed by atoms with Crippen molar-refractivity contribution in [3.8, 4) is 0 Å². The lowest BCUT2D eigenvalue weighted by atomic mass is 10.2. The van der Waals surface area contributed by atoms with Gasteiger partial charge in [0.2, 0.25) is 5.84 Å². The fourth-order valence-electron chi connectivity index (χ4n) is 2.23. The van der Waals surface area contributed by atoms with Crippen LogP contribution in [0.3, 0.4) is 0 Å². The monoisotopic (exact) mass is 334 g/mol. The zero-order valence-electron chi connectivity index (χ0n) is 12.6. The Morgan fingerprint density at radius 1 is 1.35 bits per heavy atom. The minimum absolute atomic E-state index is 0.130. The summed E-state index contributed by atoms with van der Waals surface area (Å²) in [7, 11) is 2.99. The van der Waals surface area contributed by atoms with Gasteiger partial charge >= 0.3 is 5.97 Å². The number of methoxy groups -OCH3 is 1. The first kappa shape index (κ1) is 15.4. The van der Waals surface area contributed by atoms with Crippen LogP contribution in [0.2, 0.25) is 5.02 Å². The van der Waals surface area contributed by atoms with Crippen molar-refractivity contribution in [1.29, 1.82) is 0 Å². The number of hydrazone groups is 1. The fraction of sp³-hybridized carbons (Fsp3) is 0.200. The minimum atomic E-state index is -0.545. The Hall–Kier alpha value is -2.51. The first-order chi connectivity index (χ1) is 11.1. The first-order valence-electron chi connectivity index (χ1n) is 6.85. The number of benzene rings is 1. The zero-order valence-corrected chi connectivity index (χ0v) is 13.3. The highest BCUT2D eigenvalue weighted by Gasteiger charge is 2.33. The summed E-state index contributed by atoms with van der Waals surface area (Å²) >= 11 is 5.94. The van der Waals surface area contributed by atoms with Crippen LogP contribution in [0.25, 0.3) is 0 Å². The van der Waals surface area contributed by atoms with Crippen LogP contribution in [0.15, 0.2) is 52.2 Å². The third kappa shape index (κ3) is 3.01. The Balaban J connectivity index is 2.05. The van der Waals surface area contributed by atoms with Crippen LogP contribution >= 0.6 is 11.6 Å². The second kappa shape index (κ2) is 6.31. The van der Waals surface area contributed by atoms with Gasteiger partial charge in [0.05, 0.1) is 19.1 Å². The molecule has 1 aromatic carbocycles. The van der Waals surface area contributed by atoms with E-state index in [0.717, 1.165) is 5.69 Å². The summed E-state index contributed by atoms with van der Waals surface area (Å²) in [4.78, 5) is 11.9. The third-order valence-corrected chi connectivity index (χ3v) is 3.60. The number of rotatable bonds is 3. The molecule has 0 fully saturated rings. The van der Waals surface area contributed by atoms with Gasteiger partial charge in [-0.25, -0.2) is 15.2 Å². The SMILES string of the molecule is COC(=O)C1=NN(c2ccc(Cl)cc2)C(c2ccco2)NN1C. The Bertz CT molecular complexity index is 715. The van der Waals surface area contributed by atoms with E-state index in [0.29, 0.717) is 10.8 Å². The maximum atomic E-state index is 11.9. The van der Waals surface area contributed by atoms with Crippen molar-refractivity contribution >= 4 is 29.1 Å². The summed E-state index contributed by atoms with van der Waals surface area (Å²) in [6.45, 7) is 0. The van der Waals surface area contributed by atoms with E-state index >= 15 is 0 Å². The van der Waals surface area contributed by atoms with Crippen LogP contribution in [0.4, 0.5) is 5.69 Å². The first-order valence-corrected chi connectivity index (χ1v) is 7.23. The summed E-state index contributed by atoms with van der Waals surface area (Å²) in [5, 5.41) is 8.17. The molecule has 0 radical (unpaired) electrons. The van der Waals surface area contributed by atoms with Gasteiger partial charge in [0.15, 0.2) is 6.17 Å². The third-order valence-electron chi connectivity index (χ3n) is 3.35. The molecule has 1 unspecified atom stereocenters. The smallest absolute Gasteiger partial charge is 0.377 e. The van der Waals surface area contributed by atoms with Crippen LogP contribution in [-0.2, 0) is 9.53 Å². The van der Waals surface area contributed by atoms with E-state index in [4.69, 9.17) is 20.8 Å². The molecule has 120 valence electrons. The molecule has 1 atom stereocenters. The molecule has 1 aliphatic heterocycles. The predicted octanol–water partition coefficient (Wildman–Crippen LogP) is 2.37. The number of esters is 1. The lowest BCUT2D eigenvalue weighted by molar-refractivity contribution is -0.133. The summed E-state index contributed by atoms with van der Waals surface area (Å²) in [6, 6.07) is 10.7. The molecule has 0 saturated carbocycles. The van der Waals surface area contributed by atoms with Crippen LogP contribution in [0.1, 0.15) is 11.9 Å². The number of hydrogen-bond donors (Lipinski definition) is 1. The second-order valence-corrected chi connectivity index (χ2v) is 5.28. The molecule has 3 rings (SSSR count). The number of hydrogen-bond acceptors (Lipinski definition) is 7. The maximum Gasteiger partial charge on any atom is 0.377 e. The minimum Gasteiger partial charge on any atom is -0.466 e. The largest absolute Gasteiger partial charge is 0.466 e. The van der Waals surface area contributed by atoms with Crippen LogP contribution < -0.4 is 10.4 Å². The Kier molecular flexibility index (Phi) is 4.22. The Labute approximate surface area is 138 Å². The topological polar surface area (TPSA) is 70.3 Å². The number of halogens is 1. The standard InChI is InChI=1S/C15H15ClN4O3/c1-19-14(15(21)22-2)18-20(11-7-5-10(16)6-8-11)13(17-19)12-4-3-9-23-12/h3-9,13,17H,1-2H3. The number of amidine groups is 1. The number of carbonyl (C=O) groups excluding carboxylic acids is 1. The highest BCUT2D eigenvalue weighted by Crippen LogP contribution is 2.29.